The summed E-state index contributed by atoms with van der Waals surface area (Å²) in [5.74, 6) is -8.04. The lowest BCUT2D eigenvalue weighted by atomic mass is 10.2. The number of aromatic nitrogens is 1. The first-order valence-corrected chi connectivity index (χ1v) is 3.59. The van der Waals surface area contributed by atoms with Crippen molar-refractivity contribution in [3.05, 3.63) is 29.3 Å². The summed E-state index contributed by atoms with van der Waals surface area (Å²) in [5, 5.41) is 8.13. The van der Waals surface area contributed by atoms with Crippen LogP contribution in [0.25, 0.3) is 0 Å². The molecule has 0 saturated heterocycles. The van der Waals surface area contributed by atoms with E-state index in [0.29, 0.717) is 5.56 Å². The summed E-state index contributed by atoms with van der Waals surface area (Å²) < 4.78 is 38.4. The molecule has 0 fully saturated rings. The van der Waals surface area contributed by atoms with Crippen molar-refractivity contribution in [2.75, 3.05) is 0 Å². The fourth-order valence-electron chi connectivity index (χ4n) is 0.866. The Kier molecular flexibility index (Phi) is 2.46. The number of pyridine rings is 1. The van der Waals surface area contributed by atoms with Crippen molar-refractivity contribution < 1.29 is 23.1 Å². The summed E-state index contributed by atoms with van der Waals surface area (Å²) in [6.07, 6.45) is 0.981. The largest absolute Gasteiger partial charge is 0.476 e. The van der Waals surface area contributed by atoms with E-state index in [2.05, 4.69) is 4.98 Å². The summed E-state index contributed by atoms with van der Waals surface area (Å²) in [5.41, 5.74) is -1.02. The molecular formula is C8H6F3NO2. The average molecular weight is 205 g/mol. The molecule has 0 unspecified atom stereocenters. The fraction of sp³-hybridized carbons (Fsp3) is 0.250. The van der Waals surface area contributed by atoms with E-state index < -0.39 is 23.4 Å². The highest BCUT2D eigenvalue weighted by Gasteiger charge is 2.45. The van der Waals surface area contributed by atoms with Gasteiger partial charge < -0.3 is 5.11 Å². The molecule has 0 bridgehead atoms. The molecule has 6 heteroatoms. The number of aliphatic carboxylic acids is 1. The zero-order chi connectivity index (χ0) is 10.9. The molecule has 1 N–H and O–H groups in total. The number of carboxylic acids is 1. The zero-order valence-corrected chi connectivity index (χ0v) is 7.09. The van der Waals surface area contributed by atoms with Crippen LogP contribution in [0.4, 0.5) is 13.2 Å². The van der Waals surface area contributed by atoms with Gasteiger partial charge in [-0.3, -0.25) is 4.98 Å². The molecule has 0 radical (unpaired) electrons. The number of hydrogen-bond donors (Lipinski definition) is 1. The molecule has 0 spiro atoms. The molecule has 1 rings (SSSR count). The Morgan fingerprint density at radius 1 is 1.57 bits per heavy atom. The van der Waals surface area contributed by atoms with Gasteiger partial charge in [-0.15, -0.1) is 0 Å². The topological polar surface area (TPSA) is 50.2 Å². The minimum absolute atomic E-state index is 0.340. The summed E-state index contributed by atoms with van der Waals surface area (Å²) >= 11 is 0. The SMILES string of the molecule is Cc1cnc(C(F)(F)C(=O)O)c(F)c1. The van der Waals surface area contributed by atoms with Crippen molar-refractivity contribution >= 4 is 5.97 Å². The first kappa shape index (κ1) is 10.5. The second-order valence-corrected chi connectivity index (χ2v) is 2.72. The third-order valence-electron chi connectivity index (χ3n) is 1.54. The summed E-state index contributed by atoms with van der Waals surface area (Å²) in [7, 11) is 0. The molecule has 0 aliphatic rings. The van der Waals surface area contributed by atoms with E-state index in [4.69, 9.17) is 5.11 Å². The van der Waals surface area contributed by atoms with Gasteiger partial charge in [-0.2, -0.15) is 8.78 Å². The van der Waals surface area contributed by atoms with Crippen LogP contribution >= 0.6 is 0 Å². The Labute approximate surface area is 77.2 Å². The molecule has 0 amide bonds. The fourth-order valence-corrected chi connectivity index (χ4v) is 0.866. The van der Waals surface area contributed by atoms with Crippen LogP contribution in [0.1, 0.15) is 11.3 Å². The summed E-state index contributed by atoms with van der Waals surface area (Å²) in [4.78, 5) is 13.2. The maximum absolute atomic E-state index is 12.9. The number of halogens is 3. The average Bonchev–Trinajstić information content (AvgIpc) is 2.02. The van der Waals surface area contributed by atoms with Gasteiger partial charge in [0, 0.05) is 6.20 Å². The molecule has 0 atom stereocenters. The van der Waals surface area contributed by atoms with Gasteiger partial charge in [-0.05, 0) is 18.6 Å². The van der Waals surface area contributed by atoms with Crippen molar-refractivity contribution in [2.45, 2.75) is 12.8 Å². The third kappa shape index (κ3) is 1.68. The van der Waals surface area contributed by atoms with E-state index >= 15 is 0 Å². The standard InChI is InChI=1S/C8H6F3NO2/c1-4-2-5(9)6(12-3-4)8(10,11)7(13)14/h2-3H,1H3,(H,13,14). The number of aryl methyl sites for hydroxylation is 1. The smallest absolute Gasteiger partial charge is 0.387 e. The lowest BCUT2D eigenvalue weighted by Crippen LogP contribution is -2.28. The van der Waals surface area contributed by atoms with E-state index in [1.807, 2.05) is 0 Å². The van der Waals surface area contributed by atoms with Crippen LogP contribution in [-0.2, 0) is 10.7 Å². The highest BCUT2D eigenvalue weighted by atomic mass is 19.3. The minimum Gasteiger partial charge on any atom is -0.476 e. The third-order valence-corrected chi connectivity index (χ3v) is 1.54. The molecule has 0 saturated carbocycles. The van der Waals surface area contributed by atoms with Crippen molar-refractivity contribution in [1.29, 1.82) is 0 Å². The first-order chi connectivity index (χ1) is 6.35. The highest BCUT2D eigenvalue weighted by Crippen LogP contribution is 2.28. The molecule has 3 nitrogen and oxygen atoms in total. The highest BCUT2D eigenvalue weighted by molar-refractivity contribution is 5.76. The van der Waals surface area contributed by atoms with Gasteiger partial charge in [0.25, 0.3) is 0 Å². The minimum atomic E-state index is -4.29. The molecule has 0 aliphatic heterocycles. The number of carbonyl (C=O) groups is 1. The Morgan fingerprint density at radius 3 is 2.57 bits per heavy atom. The van der Waals surface area contributed by atoms with Crippen LogP contribution in [0.15, 0.2) is 12.3 Å². The molecule has 76 valence electrons. The van der Waals surface area contributed by atoms with Gasteiger partial charge in [-0.25, -0.2) is 9.18 Å². The number of alkyl halides is 2. The molecular weight excluding hydrogens is 199 g/mol. The Bertz CT molecular complexity index is 379. The second kappa shape index (κ2) is 3.28. The monoisotopic (exact) mass is 205 g/mol. The van der Waals surface area contributed by atoms with Crippen molar-refractivity contribution in [3.8, 4) is 0 Å². The first-order valence-electron chi connectivity index (χ1n) is 3.59. The van der Waals surface area contributed by atoms with Crippen molar-refractivity contribution in [3.63, 3.8) is 0 Å². The molecule has 1 aromatic heterocycles. The zero-order valence-electron chi connectivity index (χ0n) is 7.09. The molecule has 1 heterocycles. The number of rotatable bonds is 2. The van der Waals surface area contributed by atoms with Crippen LogP contribution in [-0.4, -0.2) is 16.1 Å². The van der Waals surface area contributed by atoms with Gasteiger partial charge in [-0.1, -0.05) is 0 Å². The van der Waals surface area contributed by atoms with E-state index in [-0.39, 0.29) is 0 Å². The molecule has 0 aromatic carbocycles. The van der Waals surface area contributed by atoms with Crippen LogP contribution in [0.2, 0.25) is 0 Å². The van der Waals surface area contributed by atoms with E-state index in [9.17, 15) is 18.0 Å². The van der Waals surface area contributed by atoms with Gasteiger partial charge in [0.1, 0.15) is 0 Å². The van der Waals surface area contributed by atoms with Crippen LogP contribution in [0.5, 0.6) is 0 Å². The second-order valence-electron chi connectivity index (χ2n) is 2.72. The van der Waals surface area contributed by atoms with Crippen LogP contribution in [0, 0.1) is 12.7 Å². The summed E-state index contributed by atoms with van der Waals surface area (Å²) in [6, 6.07) is 0.805. The Balaban J connectivity index is 3.26. The van der Waals surface area contributed by atoms with Crippen molar-refractivity contribution in [2.24, 2.45) is 0 Å². The number of hydrogen-bond acceptors (Lipinski definition) is 2. The van der Waals surface area contributed by atoms with E-state index in [0.717, 1.165) is 12.3 Å². The van der Waals surface area contributed by atoms with Gasteiger partial charge >= 0.3 is 11.9 Å². The predicted molar refractivity (Wildman–Crippen MR) is 40.5 cm³/mol. The normalized spacial score (nSPS) is 11.4. The van der Waals surface area contributed by atoms with Gasteiger partial charge in [0.2, 0.25) is 0 Å². The molecule has 0 aliphatic carbocycles. The lowest BCUT2D eigenvalue weighted by Gasteiger charge is -2.10. The maximum Gasteiger partial charge on any atom is 0.387 e. The van der Waals surface area contributed by atoms with Crippen molar-refractivity contribution in [1.82, 2.24) is 4.98 Å². The number of carboxylic acid groups (broad SMARTS) is 1. The molecule has 14 heavy (non-hydrogen) atoms. The van der Waals surface area contributed by atoms with E-state index in [1.54, 1.807) is 0 Å². The summed E-state index contributed by atoms with van der Waals surface area (Å²) in [6.45, 7) is 1.46. The van der Waals surface area contributed by atoms with Crippen LogP contribution in [0.3, 0.4) is 0 Å². The maximum atomic E-state index is 12.9. The number of nitrogens with zero attached hydrogens (tertiary/aromatic N) is 1. The quantitative estimate of drug-likeness (QED) is 0.799. The van der Waals surface area contributed by atoms with Gasteiger partial charge in [0.15, 0.2) is 11.5 Å². The Hall–Kier alpha value is -1.59. The Morgan fingerprint density at radius 2 is 2.14 bits per heavy atom. The van der Waals surface area contributed by atoms with Crippen LogP contribution < -0.4 is 0 Å². The lowest BCUT2D eigenvalue weighted by molar-refractivity contribution is -0.167. The predicted octanol–water partition coefficient (Wildman–Crippen LogP) is 1.71. The van der Waals surface area contributed by atoms with E-state index in [1.165, 1.54) is 6.92 Å². The van der Waals surface area contributed by atoms with Gasteiger partial charge in [0.05, 0.1) is 0 Å². The molecule has 1 aromatic rings.